The molecule has 0 fully saturated rings. The lowest BCUT2D eigenvalue weighted by Crippen LogP contribution is -2.30. The van der Waals surface area contributed by atoms with Crippen LogP contribution in [0.5, 0.6) is 0 Å². The molecular weight excluding hydrogens is 340 g/mol. The van der Waals surface area contributed by atoms with E-state index in [2.05, 4.69) is 4.99 Å². The molecule has 25 heavy (non-hydrogen) atoms. The molecule has 1 atom stereocenters. The van der Waals surface area contributed by atoms with Crippen molar-refractivity contribution in [2.45, 2.75) is 52.7 Å². The van der Waals surface area contributed by atoms with Crippen molar-refractivity contribution >= 4 is 33.6 Å². The third-order valence-electron chi connectivity index (χ3n) is 3.37. The lowest BCUT2D eigenvalue weighted by atomic mass is 10.2. The second-order valence-corrected chi connectivity index (χ2v) is 7.50. The Morgan fingerprint density at radius 1 is 1.24 bits per heavy atom. The smallest absolute Gasteiger partial charge is 0.436 e. The monoisotopic (exact) mass is 364 g/mol. The molecule has 1 aromatic heterocycles. The van der Waals surface area contributed by atoms with Gasteiger partial charge < -0.3 is 14.0 Å². The van der Waals surface area contributed by atoms with E-state index < -0.39 is 17.7 Å². The number of aromatic nitrogens is 1. The summed E-state index contributed by atoms with van der Waals surface area (Å²) in [6.07, 6.45) is -0.146. The standard InChI is InChI=1S/C18H24N2O4S/c1-6-12(15(21)23-7-2)20-13-10-8-9-11-14(13)25-16(20)19-17(22)24-18(3,4)5/h8-12H,6-7H2,1-5H3/b19-16-. The van der Waals surface area contributed by atoms with Crippen LogP contribution in [0.25, 0.3) is 10.2 Å². The number of benzene rings is 1. The normalized spacial score (nSPS) is 13.7. The number of carbonyl (C=O) groups excluding carboxylic acids is 2. The zero-order valence-corrected chi connectivity index (χ0v) is 16.1. The number of rotatable bonds is 4. The average molecular weight is 364 g/mol. The molecule has 6 nitrogen and oxygen atoms in total. The number of hydrogen-bond donors (Lipinski definition) is 0. The summed E-state index contributed by atoms with van der Waals surface area (Å²) < 4.78 is 13.2. The fourth-order valence-corrected chi connectivity index (χ4v) is 3.49. The molecule has 1 unspecified atom stereocenters. The van der Waals surface area contributed by atoms with Crippen molar-refractivity contribution in [3.63, 3.8) is 0 Å². The molecule has 7 heteroatoms. The van der Waals surface area contributed by atoms with Crippen LogP contribution in [0.3, 0.4) is 0 Å². The molecule has 0 saturated heterocycles. The first-order chi connectivity index (χ1) is 11.8. The van der Waals surface area contributed by atoms with Crippen LogP contribution in [0.2, 0.25) is 0 Å². The van der Waals surface area contributed by atoms with Gasteiger partial charge in [-0.3, -0.25) is 0 Å². The zero-order valence-electron chi connectivity index (χ0n) is 15.2. The van der Waals surface area contributed by atoms with Gasteiger partial charge >= 0.3 is 12.1 Å². The van der Waals surface area contributed by atoms with Crippen molar-refractivity contribution < 1.29 is 19.1 Å². The average Bonchev–Trinajstić information content (AvgIpc) is 2.84. The van der Waals surface area contributed by atoms with Gasteiger partial charge in [-0.2, -0.15) is 0 Å². The van der Waals surface area contributed by atoms with Gasteiger partial charge in [-0.1, -0.05) is 30.4 Å². The molecule has 0 aliphatic heterocycles. The SMILES string of the molecule is CCOC(=O)C(CC)n1/c(=N/C(=O)OC(C)(C)C)sc2ccccc21. The number of carbonyl (C=O) groups is 2. The minimum absolute atomic E-state index is 0.302. The van der Waals surface area contributed by atoms with Crippen LogP contribution in [-0.4, -0.2) is 28.8 Å². The number of nitrogens with zero attached hydrogens (tertiary/aromatic N) is 2. The molecule has 0 spiro atoms. The van der Waals surface area contributed by atoms with Crippen LogP contribution < -0.4 is 4.80 Å². The summed E-state index contributed by atoms with van der Waals surface area (Å²) in [5.74, 6) is -0.334. The van der Waals surface area contributed by atoms with Crippen LogP contribution >= 0.6 is 11.3 Å². The molecule has 2 rings (SSSR count). The van der Waals surface area contributed by atoms with Gasteiger partial charge in [0, 0.05) is 0 Å². The maximum Gasteiger partial charge on any atom is 0.436 e. The van der Waals surface area contributed by atoms with Crippen molar-refractivity contribution in [1.29, 1.82) is 0 Å². The molecule has 0 N–H and O–H groups in total. The van der Waals surface area contributed by atoms with Crippen molar-refractivity contribution in [2.24, 2.45) is 4.99 Å². The lowest BCUT2D eigenvalue weighted by molar-refractivity contribution is -0.147. The van der Waals surface area contributed by atoms with Gasteiger partial charge in [0.15, 0.2) is 4.80 Å². The van der Waals surface area contributed by atoms with Gasteiger partial charge in [0.1, 0.15) is 11.6 Å². The van der Waals surface area contributed by atoms with Crippen LogP contribution in [-0.2, 0) is 14.3 Å². The molecule has 0 radical (unpaired) electrons. The predicted molar refractivity (Wildman–Crippen MR) is 97.6 cm³/mol. The summed E-state index contributed by atoms with van der Waals surface area (Å²) in [5, 5.41) is 0. The summed E-state index contributed by atoms with van der Waals surface area (Å²) in [6, 6.07) is 7.09. The molecule has 1 amide bonds. The van der Waals surface area contributed by atoms with E-state index in [1.807, 2.05) is 31.2 Å². The summed E-state index contributed by atoms with van der Waals surface area (Å²) in [4.78, 5) is 29.1. The topological polar surface area (TPSA) is 69.9 Å². The highest BCUT2D eigenvalue weighted by Gasteiger charge is 2.24. The maximum absolute atomic E-state index is 12.4. The van der Waals surface area contributed by atoms with Gasteiger partial charge in [0.2, 0.25) is 0 Å². The highest BCUT2D eigenvalue weighted by Crippen LogP contribution is 2.23. The second kappa shape index (κ2) is 7.82. The molecule has 0 aliphatic carbocycles. The predicted octanol–water partition coefficient (Wildman–Crippen LogP) is 4.05. The van der Waals surface area contributed by atoms with E-state index in [0.29, 0.717) is 17.8 Å². The Labute approximate surface area is 151 Å². The second-order valence-electron chi connectivity index (χ2n) is 6.49. The van der Waals surface area contributed by atoms with E-state index >= 15 is 0 Å². The van der Waals surface area contributed by atoms with E-state index in [4.69, 9.17) is 9.47 Å². The van der Waals surface area contributed by atoms with Crippen LogP contribution in [0.1, 0.15) is 47.1 Å². The fraction of sp³-hybridized carbons (Fsp3) is 0.500. The van der Waals surface area contributed by atoms with Crippen molar-refractivity contribution in [3.05, 3.63) is 29.1 Å². The number of para-hydroxylation sites is 1. The number of ether oxygens (including phenoxy) is 2. The first-order valence-electron chi connectivity index (χ1n) is 8.31. The van der Waals surface area contributed by atoms with Crippen molar-refractivity contribution in [2.75, 3.05) is 6.61 Å². The number of hydrogen-bond acceptors (Lipinski definition) is 5. The summed E-state index contributed by atoms with van der Waals surface area (Å²) >= 11 is 1.35. The Kier molecular flexibility index (Phi) is 6.00. The minimum Gasteiger partial charge on any atom is -0.464 e. The highest BCUT2D eigenvalue weighted by molar-refractivity contribution is 7.16. The number of amides is 1. The Morgan fingerprint density at radius 3 is 2.52 bits per heavy atom. The van der Waals surface area contributed by atoms with Gasteiger partial charge in [-0.15, -0.1) is 4.99 Å². The Balaban J connectivity index is 2.60. The molecule has 0 aliphatic rings. The molecule has 0 saturated carbocycles. The van der Waals surface area contributed by atoms with Gasteiger partial charge in [-0.25, -0.2) is 9.59 Å². The molecule has 0 bridgehead atoms. The fourth-order valence-electron chi connectivity index (χ4n) is 2.43. The van der Waals surface area contributed by atoms with Gasteiger partial charge in [0.05, 0.1) is 16.8 Å². The van der Waals surface area contributed by atoms with E-state index in [1.54, 1.807) is 32.3 Å². The molecule has 136 valence electrons. The third-order valence-corrected chi connectivity index (χ3v) is 4.41. The first kappa shape index (κ1) is 19.2. The Morgan fingerprint density at radius 2 is 1.92 bits per heavy atom. The van der Waals surface area contributed by atoms with E-state index in [1.165, 1.54) is 11.3 Å². The van der Waals surface area contributed by atoms with Crippen molar-refractivity contribution in [3.8, 4) is 0 Å². The highest BCUT2D eigenvalue weighted by atomic mass is 32.1. The van der Waals surface area contributed by atoms with Crippen LogP contribution in [0, 0.1) is 0 Å². The summed E-state index contributed by atoms with van der Waals surface area (Å²) in [6.45, 7) is 9.33. The summed E-state index contributed by atoms with van der Waals surface area (Å²) in [7, 11) is 0. The van der Waals surface area contributed by atoms with E-state index in [-0.39, 0.29) is 5.97 Å². The molecule has 1 aromatic carbocycles. The van der Waals surface area contributed by atoms with E-state index in [0.717, 1.165) is 10.2 Å². The third kappa shape index (κ3) is 4.69. The number of thiazole rings is 1. The molecule has 1 heterocycles. The van der Waals surface area contributed by atoms with Gasteiger partial charge in [-0.05, 0) is 46.2 Å². The largest absolute Gasteiger partial charge is 0.464 e. The summed E-state index contributed by atoms with van der Waals surface area (Å²) in [5.41, 5.74) is 0.211. The molecule has 2 aromatic rings. The minimum atomic E-state index is -0.675. The number of fused-ring (bicyclic) bond motifs is 1. The first-order valence-corrected chi connectivity index (χ1v) is 9.13. The lowest BCUT2D eigenvalue weighted by Gasteiger charge is -2.18. The number of esters is 1. The Bertz CT molecular complexity index is 829. The van der Waals surface area contributed by atoms with Crippen LogP contribution in [0.4, 0.5) is 4.79 Å². The zero-order chi connectivity index (χ0) is 18.6. The van der Waals surface area contributed by atoms with Crippen LogP contribution in [0.15, 0.2) is 29.3 Å². The Hall–Kier alpha value is -2.15. The quantitative estimate of drug-likeness (QED) is 0.767. The van der Waals surface area contributed by atoms with Gasteiger partial charge in [0.25, 0.3) is 0 Å². The van der Waals surface area contributed by atoms with Crippen molar-refractivity contribution in [1.82, 2.24) is 4.57 Å². The maximum atomic E-state index is 12.4. The van der Waals surface area contributed by atoms with E-state index in [9.17, 15) is 9.59 Å². The molecular formula is C18H24N2O4S.